The Kier molecular flexibility index (Phi) is 5.56. The van der Waals surface area contributed by atoms with Gasteiger partial charge in [0.1, 0.15) is 0 Å². The fourth-order valence-corrected chi connectivity index (χ4v) is 6.59. The first-order valence-electron chi connectivity index (χ1n) is 14.2. The minimum Gasteiger partial charge on any atom is -0.309 e. The van der Waals surface area contributed by atoms with Crippen molar-refractivity contribution in [3.63, 3.8) is 0 Å². The van der Waals surface area contributed by atoms with E-state index in [2.05, 4.69) is 63.7 Å². The van der Waals surface area contributed by atoms with Crippen molar-refractivity contribution in [3.8, 4) is 40.7 Å². The van der Waals surface area contributed by atoms with Gasteiger partial charge in [-0.2, -0.15) is 15.8 Å². The molecule has 2 heterocycles. The fraction of sp³-hybridized carbons (Fsp3) is 0. The average molecular weight is 560 g/mol. The number of benzene rings is 6. The van der Waals surface area contributed by atoms with Gasteiger partial charge in [0.05, 0.1) is 68.3 Å². The lowest BCUT2D eigenvalue weighted by molar-refractivity contribution is 1.16. The van der Waals surface area contributed by atoms with Gasteiger partial charge in [-0.05, 0) is 66.7 Å². The van der Waals surface area contributed by atoms with E-state index in [1.165, 1.54) is 0 Å². The number of rotatable bonds is 3. The average Bonchev–Trinajstić information content (AvgIpc) is 3.60. The summed E-state index contributed by atoms with van der Waals surface area (Å²) in [4.78, 5) is 0. The number of aromatic nitrogens is 2. The van der Waals surface area contributed by atoms with Gasteiger partial charge in [0.15, 0.2) is 0 Å². The van der Waals surface area contributed by atoms with Crippen LogP contribution in [-0.4, -0.2) is 9.13 Å². The van der Waals surface area contributed by atoms with Crippen molar-refractivity contribution >= 4 is 43.6 Å². The van der Waals surface area contributed by atoms with Gasteiger partial charge in [0.25, 0.3) is 0 Å². The maximum absolute atomic E-state index is 10.5. The molecule has 8 aromatic rings. The zero-order chi connectivity index (χ0) is 29.8. The Labute approximate surface area is 252 Å². The van der Waals surface area contributed by atoms with E-state index in [1.54, 1.807) is 0 Å². The maximum atomic E-state index is 10.5. The summed E-state index contributed by atoms with van der Waals surface area (Å²) in [5.74, 6) is 0. The molecule has 0 saturated heterocycles. The molecule has 2 aromatic heterocycles. The van der Waals surface area contributed by atoms with Gasteiger partial charge in [-0.15, -0.1) is 0 Å². The second-order valence-electron chi connectivity index (χ2n) is 10.7. The van der Waals surface area contributed by atoms with Crippen molar-refractivity contribution in [2.24, 2.45) is 0 Å². The number of nitriles is 3. The van der Waals surface area contributed by atoms with Crippen LogP contribution in [0.5, 0.6) is 0 Å². The van der Waals surface area contributed by atoms with Crippen molar-refractivity contribution in [2.45, 2.75) is 0 Å². The van der Waals surface area contributed by atoms with Crippen molar-refractivity contribution in [3.05, 3.63) is 144 Å². The first-order chi connectivity index (χ1) is 21.7. The van der Waals surface area contributed by atoms with Gasteiger partial charge < -0.3 is 9.13 Å². The van der Waals surface area contributed by atoms with Crippen LogP contribution in [0.2, 0.25) is 0 Å². The predicted octanol–water partition coefficient (Wildman–Crippen LogP) is 9.16. The SMILES string of the molecule is N#Cc1ccc(-n2c3ccccc3c3cc(C#N)ccc32)c(-c2c(C#N)cccc2-n2c3ccccc3c3ccccc32)c1. The zero-order valence-corrected chi connectivity index (χ0v) is 23.4. The molecule has 44 heavy (non-hydrogen) atoms. The molecule has 6 aromatic carbocycles. The Morgan fingerprint density at radius 2 is 0.932 bits per heavy atom. The number of hydrogen-bond acceptors (Lipinski definition) is 3. The molecule has 0 aliphatic rings. The van der Waals surface area contributed by atoms with Crippen molar-refractivity contribution in [2.75, 3.05) is 0 Å². The minimum atomic E-state index is 0.497. The molecule has 8 rings (SSSR count). The molecule has 0 aliphatic carbocycles. The van der Waals surface area contributed by atoms with Crippen LogP contribution < -0.4 is 0 Å². The number of fused-ring (bicyclic) bond motifs is 6. The largest absolute Gasteiger partial charge is 0.309 e. The highest BCUT2D eigenvalue weighted by molar-refractivity contribution is 6.11. The second kappa shape index (κ2) is 9.74. The van der Waals surface area contributed by atoms with Crippen LogP contribution in [0.15, 0.2) is 127 Å². The van der Waals surface area contributed by atoms with Gasteiger partial charge in [0.2, 0.25) is 0 Å². The summed E-state index contributed by atoms with van der Waals surface area (Å²) >= 11 is 0. The molecule has 0 fully saturated rings. The van der Waals surface area contributed by atoms with Crippen LogP contribution in [0.25, 0.3) is 66.1 Å². The third-order valence-electron chi connectivity index (χ3n) is 8.42. The highest BCUT2D eigenvalue weighted by Gasteiger charge is 2.22. The second-order valence-corrected chi connectivity index (χ2v) is 10.7. The van der Waals surface area contributed by atoms with Crippen LogP contribution in [0.1, 0.15) is 16.7 Å². The summed E-state index contributed by atoms with van der Waals surface area (Å²) < 4.78 is 4.39. The molecule has 0 unspecified atom stereocenters. The fourth-order valence-electron chi connectivity index (χ4n) is 6.59. The van der Waals surface area contributed by atoms with E-state index in [-0.39, 0.29) is 0 Å². The van der Waals surface area contributed by atoms with Gasteiger partial charge in [-0.3, -0.25) is 0 Å². The molecule has 202 valence electrons. The van der Waals surface area contributed by atoms with E-state index in [9.17, 15) is 15.8 Å². The Hall–Kier alpha value is -6.61. The molecular weight excluding hydrogens is 538 g/mol. The van der Waals surface area contributed by atoms with E-state index < -0.39 is 0 Å². The molecule has 0 bridgehead atoms. The Morgan fingerprint density at radius 1 is 0.409 bits per heavy atom. The highest BCUT2D eigenvalue weighted by Crippen LogP contribution is 2.42. The molecule has 0 N–H and O–H groups in total. The van der Waals surface area contributed by atoms with E-state index in [0.29, 0.717) is 16.7 Å². The lowest BCUT2D eigenvalue weighted by atomic mass is 9.94. The minimum absolute atomic E-state index is 0.497. The highest BCUT2D eigenvalue weighted by atomic mass is 15.0. The molecule has 0 spiro atoms. The van der Waals surface area contributed by atoms with Gasteiger partial charge in [-0.25, -0.2) is 0 Å². The molecule has 5 heteroatoms. The Balaban J connectivity index is 1.53. The molecule has 0 amide bonds. The summed E-state index contributed by atoms with van der Waals surface area (Å²) in [5, 5.41) is 34.4. The van der Waals surface area contributed by atoms with E-state index in [4.69, 9.17) is 0 Å². The third-order valence-corrected chi connectivity index (χ3v) is 8.42. The molecular formula is C39H21N5. The van der Waals surface area contributed by atoms with Crippen molar-refractivity contribution < 1.29 is 0 Å². The maximum Gasteiger partial charge on any atom is 0.0998 e. The van der Waals surface area contributed by atoms with Crippen LogP contribution in [-0.2, 0) is 0 Å². The van der Waals surface area contributed by atoms with E-state index >= 15 is 0 Å². The summed E-state index contributed by atoms with van der Waals surface area (Å²) in [6.07, 6.45) is 0. The monoisotopic (exact) mass is 559 g/mol. The first-order valence-corrected chi connectivity index (χ1v) is 14.2. The molecule has 0 aliphatic heterocycles. The van der Waals surface area contributed by atoms with Gasteiger partial charge in [0, 0.05) is 32.7 Å². The summed E-state index contributed by atoms with van der Waals surface area (Å²) in [7, 11) is 0. The quantitative estimate of drug-likeness (QED) is 0.216. The predicted molar refractivity (Wildman–Crippen MR) is 175 cm³/mol. The van der Waals surface area contributed by atoms with Crippen molar-refractivity contribution in [1.29, 1.82) is 15.8 Å². The van der Waals surface area contributed by atoms with Crippen LogP contribution in [0.4, 0.5) is 0 Å². The van der Waals surface area contributed by atoms with Gasteiger partial charge in [-0.1, -0.05) is 60.7 Å². The number of para-hydroxylation sites is 3. The third kappa shape index (κ3) is 3.56. The lowest BCUT2D eigenvalue weighted by Crippen LogP contribution is -2.03. The van der Waals surface area contributed by atoms with Gasteiger partial charge >= 0.3 is 0 Å². The Morgan fingerprint density at radius 3 is 1.55 bits per heavy atom. The molecule has 0 atom stereocenters. The smallest absolute Gasteiger partial charge is 0.0998 e. The number of nitrogens with zero attached hydrogens (tertiary/aromatic N) is 5. The summed E-state index contributed by atoms with van der Waals surface area (Å²) in [6, 6.07) is 48.9. The van der Waals surface area contributed by atoms with E-state index in [0.717, 1.165) is 66.1 Å². The molecule has 5 nitrogen and oxygen atoms in total. The number of hydrogen-bond donors (Lipinski definition) is 0. The first kappa shape index (κ1) is 25.1. The lowest BCUT2D eigenvalue weighted by Gasteiger charge is -2.20. The standard InChI is InChI=1S/C39H21N5/c40-22-25-16-18-36-31(20-25)30-11-3-6-14-35(30)43(36)37-19-17-26(23-41)21-32(37)39-27(24-42)8-7-15-38(39)44-33-12-4-1-9-28(33)29-10-2-5-13-34(29)44/h1-21H. The molecule has 0 saturated carbocycles. The van der Waals surface area contributed by atoms with Crippen molar-refractivity contribution in [1.82, 2.24) is 9.13 Å². The topological polar surface area (TPSA) is 81.2 Å². The van der Waals surface area contributed by atoms with Crippen LogP contribution in [0, 0.1) is 34.0 Å². The van der Waals surface area contributed by atoms with E-state index in [1.807, 2.05) is 91.0 Å². The Bertz CT molecular complexity index is 2540. The normalized spacial score (nSPS) is 11.1. The molecule has 0 radical (unpaired) electrons. The van der Waals surface area contributed by atoms with Crippen LogP contribution in [0.3, 0.4) is 0 Å². The zero-order valence-electron chi connectivity index (χ0n) is 23.4. The summed E-state index contributed by atoms with van der Waals surface area (Å²) in [6.45, 7) is 0. The summed E-state index contributed by atoms with van der Waals surface area (Å²) in [5.41, 5.74) is 8.76. The van der Waals surface area contributed by atoms with Crippen LogP contribution >= 0.6 is 0 Å².